The van der Waals surface area contributed by atoms with Gasteiger partial charge in [0.05, 0.1) is 13.2 Å². The molecule has 2 saturated heterocycles. The molecule has 12 heteroatoms. The smallest absolute Gasteiger partial charge is 0.409 e. The third-order valence-corrected chi connectivity index (χ3v) is 6.47. The molecule has 3 amide bonds. The van der Waals surface area contributed by atoms with Gasteiger partial charge in [0.15, 0.2) is 5.65 Å². The topological polar surface area (TPSA) is 120 Å². The highest BCUT2D eigenvalue weighted by atomic mass is 16.6. The largest absolute Gasteiger partial charge is 0.450 e. The van der Waals surface area contributed by atoms with Crippen molar-refractivity contribution in [3.05, 3.63) is 23.8 Å². The number of anilines is 2. The van der Waals surface area contributed by atoms with Gasteiger partial charge in [-0.25, -0.2) is 19.6 Å². The Balaban J connectivity index is 1.54. The number of piperazine rings is 2. The second-order valence-corrected chi connectivity index (χ2v) is 9.02. The summed E-state index contributed by atoms with van der Waals surface area (Å²) in [5, 5.41) is 3.64. The van der Waals surface area contributed by atoms with Crippen LogP contribution in [0.1, 0.15) is 26.3 Å². The molecule has 0 spiro atoms. The summed E-state index contributed by atoms with van der Waals surface area (Å²) >= 11 is 0. The van der Waals surface area contributed by atoms with E-state index in [0.717, 1.165) is 29.9 Å². The van der Waals surface area contributed by atoms with Crippen LogP contribution in [0, 0.1) is 0 Å². The van der Waals surface area contributed by atoms with E-state index in [1.54, 1.807) is 22.8 Å². The van der Waals surface area contributed by atoms with E-state index in [1.165, 1.54) is 6.92 Å². The first-order valence-electron chi connectivity index (χ1n) is 12.8. The average Bonchev–Trinajstić information content (AvgIpc) is 2.89. The zero-order chi connectivity index (χ0) is 26.4. The number of ether oxygens (including phenoxy) is 2. The molecule has 0 bridgehead atoms. The number of nitrogens with zero attached hydrogens (tertiary/aromatic N) is 6. The maximum Gasteiger partial charge on any atom is 0.409 e. The Morgan fingerprint density at radius 3 is 2.03 bits per heavy atom. The Bertz CT molecular complexity index is 1130. The predicted octanol–water partition coefficient (Wildman–Crippen LogP) is 2.14. The summed E-state index contributed by atoms with van der Waals surface area (Å²) < 4.78 is 10.3. The Morgan fingerprint density at radius 2 is 1.46 bits per heavy atom. The van der Waals surface area contributed by atoms with Gasteiger partial charge >= 0.3 is 12.2 Å². The summed E-state index contributed by atoms with van der Waals surface area (Å²) in [7, 11) is 0. The van der Waals surface area contributed by atoms with Crippen molar-refractivity contribution in [2.24, 2.45) is 0 Å². The molecule has 0 unspecified atom stereocenters. The van der Waals surface area contributed by atoms with E-state index in [0.29, 0.717) is 70.5 Å². The number of amides is 3. The standard InChI is InChI=1S/C25H35N7O5/c1-4-36-24(34)31-10-8-29(9-11-31)17-19-16-22(30-12-14-32(15-13-30)25(35)37-5-2)28-23-20(19)6-7-21(27-23)26-18(3)33/h6-7,16H,4-5,8-15,17H2,1-3H3,(H,26,27,28,33). The van der Waals surface area contributed by atoms with Crippen LogP contribution < -0.4 is 10.2 Å². The zero-order valence-corrected chi connectivity index (χ0v) is 21.7. The maximum atomic E-state index is 12.1. The first-order chi connectivity index (χ1) is 17.9. The van der Waals surface area contributed by atoms with Gasteiger partial charge in [0, 0.05) is 71.2 Å². The molecular formula is C25H35N7O5. The van der Waals surface area contributed by atoms with Crippen molar-refractivity contribution in [3.8, 4) is 0 Å². The van der Waals surface area contributed by atoms with Crippen molar-refractivity contribution in [3.63, 3.8) is 0 Å². The van der Waals surface area contributed by atoms with Crippen LogP contribution in [0.25, 0.3) is 11.0 Å². The molecule has 37 heavy (non-hydrogen) atoms. The minimum atomic E-state index is -0.294. The average molecular weight is 514 g/mol. The van der Waals surface area contributed by atoms with Gasteiger partial charge in [-0.1, -0.05) is 0 Å². The van der Waals surface area contributed by atoms with E-state index >= 15 is 0 Å². The van der Waals surface area contributed by atoms with Crippen molar-refractivity contribution in [2.45, 2.75) is 27.3 Å². The fourth-order valence-electron chi connectivity index (χ4n) is 4.58. The molecule has 4 rings (SSSR count). The van der Waals surface area contributed by atoms with Crippen LogP contribution >= 0.6 is 0 Å². The quantitative estimate of drug-likeness (QED) is 0.619. The van der Waals surface area contributed by atoms with Crippen LogP contribution in [0.2, 0.25) is 0 Å². The van der Waals surface area contributed by atoms with E-state index in [4.69, 9.17) is 14.5 Å². The number of nitrogens with one attached hydrogen (secondary N) is 1. The lowest BCUT2D eigenvalue weighted by molar-refractivity contribution is -0.114. The van der Waals surface area contributed by atoms with E-state index in [9.17, 15) is 14.4 Å². The molecule has 1 N–H and O–H groups in total. The Labute approximate surface area is 216 Å². The number of fused-ring (bicyclic) bond motifs is 1. The van der Waals surface area contributed by atoms with Gasteiger partial charge in [0.1, 0.15) is 11.6 Å². The van der Waals surface area contributed by atoms with Gasteiger partial charge in [-0.05, 0) is 37.6 Å². The molecule has 200 valence electrons. The van der Waals surface area contributed by atoms with E-state index in [1.807, 2.05) is 13.0 Å². The van der Waals surface area contributed by atoms with Gasteiger partial charge in [0.2, 0.25) is 5.91 Å². The van der Waals surface area contributed by atoms with Gasteiger partial charge in [-0.3, -0.25) is 9.69 Å². The van der Waals surface area contributed by atoms with Crippen molar-refractivity contribution >= 4 is 40.8 Å². The van der Waals surface area contributed by atoms with Crippen LogP contribution in [0.4, 0.5) is 21.2 Å². The van der Waals surface area contributed by atoms with Crippen molar-refractivity contribution in [1.29, 1.82) is 0 Å². The number of pyridine rings is 2. The predicted molar refractivity (Wildman–Crippen MR) is 139 cm³/mol. The lowest BCUT2D eigenvalue weighted by atomic mass is 10.1. The van der Waals surface area contributed by atoms with Gasteiger partial charge in [-0.2, -0.15) is 0 Å². The SMILES string of the molecule is CCOC(=O)N1CCN(Cc2cc(N3CCN(C(=O)OCC)CC3)nc3nc(NC(C)=O)ccc23)CC1. The molecule has 0 aromatic carbocycles. The highest BCUT2D eigenvalue weighted by Crippen LogP contribution is 2.26. The molecule has 2 aliphatic rings. The van der Waals surface area contributed by atoms with Crippen LogP contribution in [-0.4, -0.2) is 108 Å². The van der Waals surface area contributed by atoms with Crippen LogP contribution in [0.3, 0.4) is 0 Å². The first kappa shape index (κ1) is 26.4. The molecule has 0 saturated carbocycles. The molecule has 12 nitrogen and oxygen atoms in total. The second kappa shape index (κ2) is 12.0. The zero-order valence-electron chi connectivity index (χ0n) is 21.7. The molecule has 2 aromatic rings. The molecular weight excluding hydrogens is 478 g/mol. The fraction of sp³-hybridized carbons (Fsp3) is 0.560. The number of rotatable bonds is 6. The van der Waals surface area contributed by atoms with E-state index < -0.39 is 0 Å². The lowest BCUT2D eigenvalue weighted by Gasteiger charge is -2.36. The number of hydrogen-bond donors (Lipinski definition) is 1. The van der Waals surface area contributed by atoms with Gasteiger partial charge in [-0.15, -0.1) is 0 Å². The second-order valence-electron chi connectivity index (χ2n) is 9.02. The van der Waals surface area contributed by atoms with Crippen molar-refractivity contribution in [1.82, 2.24) is 24.7 Å². The molecule has 2 aromatic heterocycles. The number of hydrogen-bond acceptors (Lipinski definition) is 9. The number of aromatic nitrogens is 2. The summed E-state index contributed by atoms with van der Waals surface area (Å²) in [5.41, 5.74) is 1.62. The van der Waals surface area contributed by atoms with Gasteiger partial charge < -0.3 is 29.5 Å². The summed E-state index contributed by atoms with van der Waals surface area (Å²) in [6, 6.07) is 5.80. The maximum absolute atomic E-state index is 12.1. The fourth-order valence-corrected chi connectivity index (χ4v) is 4.58. The lowest BCUT2D eigenvalue weighted by Crippen LogP contribution is -2.49. The highest BCUT2D eigenvalue weighted by molar-refractivity contribution is 5.90. The minimum absolute atomic E-state index is 0.196. The van der Waals surface area contributed by atoms with E-state index in [2.05, 4.69) is 26.2 Å². The molecule has 2 aliphatic heterocycles. The van der Waals surface area contributed by atoms with Crippen LogP contribution in [0.15, 0.2) is 18.2 Å². The Kier molecular flexibility index (Phi) is 8.59. The highest BCUT2D eigenvalue weighted by Gasteiger charge is 2.25. The third kappa shape index (κ3) is 6.56. The summed E-state index contributed by atoms with van der Waals surface area (Å²) in [5.74, 6) is 1.03. The molecule has 0 atom stereocenters. The van der Waals surface area contributed by atoms with Crippen molar-refractivity contribution in [2.75, 3.05) is 75.8 Å². The molecule has 2 fully saturated rings. The van der Waals surface area contributed by atoms with Crippen LogP contribution in [0.5, 0.6) is 0 Å². The first-order valence-corrected chi connectivity index (χ1v) is 12.8. The molecule has 0 aliphatic carbocycles. The van der Waals surface area contributed by atoms with Crippen molar-refractivity contribution < 1.29 is 23.9 Å². The summed E-state index contributed by atoms with van der Waals surface area (Å²) in [4.78, 5) is 53.1. The summed E-state index contributed by atoms with van der Waals surface area (Å²) in [6.07, 6.45) is -0.562. The number of carbonyl (C=O) groups excluding carboxylic acids is 3. The summed E-state index contributed by atoms with van der Waals surface area (Å²) in [6.45, 7) is 11.5. The Hall–Kier alpha value is -3.67. The van der Waals surface area contributed by atoms with Gasteiger partial charge in [0.25, 0.3) is 0 Å². The molecule has 4 heterocycles. The Morgan fingerprint density at radius 1 is 0.865 bits per heavy atom. The third-order valence-electron chi connectivity index (χ3n) is 6.47. The van der Waals surface area contributed by atoms with Crippen LogP contribution in [-0.2, 0) is 20.8 Å². The van der Waals surface area contributed by atoms with E-state index in [-0.39, 0.29) is 18.1 Å². The monoisotopic (exact) mass is 513 g/mol. The molecule has 0 radical (unpaired) electrons. The normalized spacial score (nSPS) is 16.6. The number of carbonyl (C=O) groups is 3. The minimum Gasteiger partial charge on any atom is -0.450 e.